The van der Waals surface area contributed by atoms with Gasteiger partial charge in [0.1, 0.15) is 11.5 Å². The predicted octanol–water partition coefficient (Wildman–Crippen LogP) is 3.42. The topological polar surface area (TPSA) is 92.6 Å². The van der Waals surface area contributed by atoms with Gasteiger partial charge in [0, 0.05) is 24.2 Å². The molecule has 3 heterocycles. The lowest BCUT2D eigenvalue weighted by atomic mass is 9.95. The van der Waals surface area contributed by atoms with Crippen molar-refractivity contribution in [2.45, 2.75) is 19.5 Å². The van der Waals surface area contributed by atoms with Gasteiger partial charge in [-0.05, 0) is 54.4 Å². The maximum Gasteiger partial charge on any atom is 0.296 e. The minimum Gasteiger partial charge on any atom is -0.507 e. The summed E-state index contributed by atoms with van der Waals surface area (Å²) in [5, 5.41) is 11.1. The number of ether oxygens (including phenoxy) is 1. The minimum absolute atomic E-state index is 0.0264. The summed E-state index contributed by atoms with van der Waals surface area (Å²) in [4.78, 5) is 35.8. The molecular weight excluding hydrogens is 394 g/mol. The molecule has 1 saturated heterocycles. The molecule has 1 amide bonds. The summed E-state index contributed by atoms with van der Waals surface area (Å²) in [6, 6.07) is 13.2. The van der Waals surface area contributed by atoms with E-state index in [1.165, 1.54) is 4.90 Å². The molecule has 7 nitrogen and oxygen atoms in total. The van der Waals surface area contributed by atoms with Gasteiger partial charge in [-0.1, -0.05) is 12.1 Å². The number of methoxy groups -OCH3 is 1. The van der Waals surface area contributed by atoms with Crippen LogP contribution in [0.4, 0.5) is 0 Å². The molecule has 0 bridgehead atoms. The lowest BCUT2D eigenvalue weighted by molar-refractivity contribution is -0.140. The third kappa shape index (κ3) is 3.77. The van der Waals surface area contributed by atoms with Crippen molar-refractivity contribution in [3.8, 4) is 5.75 Å². The van der Waals surface area contributed by atoms with E-state index >= 15 is 0 Å². The first kappa shape index (κ1) is 20.3. The first-order valence-corrected chi connectivity index (χ1v) is 9.74. The molecule has 1 fully saturated rings. The van der Waals surface area contributed by atoms with Crippen LogP contribution in [-0.4, -0.2) is 38.8 Å². The van der Waals surface area contributed by atoms with E-state index < -0.39 is 17.7 Å². The number of Topliss-reactive ketones (excluding diaryl/α,β-unsaturated/α-hetero) is 1. The molecule has 0 spiro atoms. The Bertz CT molecular complexity index is 1160. The summed E-state index contributed by atoms with van der Waals surface area (Å²) < 4.78 is 5.28. The van der Waals surface area contributed by atoms with Crippen molar-refractivity contribution in [3.05, 3.63) is 95.1 Å². The summed E-state index contributed by atoms with van der Waals surface area (Å²) in [7, 11) is 1.56. The fourth-order valence-electron chi connectivity index (χ4n) is 3.77. The highest BCUT2D eigenvalue weighted by Gasteiger charge is 2.46. The van der Waals surface area contributed by atoms with Crippen LogP contribution in [0.2, 0.25) is 0 Å². The number of aryl methyl sites for hydroxylation is 1. The van der Waals surface area contributed by atoms with Gasteiger partial charge in [-0.3, -0.25) is 19.6 Å². The highest BCUT2D eigenvalue weighted by atomic mass is 16.5. The molecule has 1 N–H and O–H groups in total. The van der Waals surface area contributed by atoms with Crippen molar-refractivity contribution in [1.29, 1.82) is 0 Å². The number of rotatable bonds is 5. The van der Waals surface area contributed by atoms with Gasteiger partial charge in [0.2, 0.25) is 0 Å². The fraction of sp³-hybridized carbons (Fsp3) is 0.167. The Balaban J connectivity index is 1.85. The number of pyridine rings is 2. The number of aliphatic hydroxyl groups is 1. The van der Waals surface area contributed by atoms with Gasteiger partial charge in [-0.25, -0.2) is 0 Å². The molecule has 0 aliphatic carbocycles. The van der Waals surface area contributed by atoms with Gasteiger partial charge in [0.05, 0.1) is 31.0 Å². The monoisotopic (exact) mass is 415 g/mol. The predicted molar refractivity (Wildman–Crippen MR) is 114 cm³/mol. The maximum atomic E-state index is 13.0. The lowest BCUT2D eigenvalue weighted by Gasteiger charge is -2.24. The number of hydrogen-bond donors (Lipinski definition) is 1. The summed E-state index contributed by atoms with van der Waals surface area (Å²) >= 11 is 0. The van der Waals surface area contributed by atoms with Crippen LogP contribution in [0, 0.1) is 6.92 Å². The summed E-state index contributed by atoms with van der Waals surface area (Å²) in [5.41, 5.74) is 2.52. The van der Waals surface area contributed by atoms with Crippen LogP contribution < -0.4 is 4.74 Å². The van der Waals surface area contributed by atoms with E-state index in [-0.39, 0.29) is 17.9 Å². The summed E-state index contributed by atoms with van der Waals surface area (Å²) in [6.07, 6.45) is 4.83. The molecule has 2 aromatic heterocycles. The molecule has 1 aliphatic heterocycles. The zero-order chi connectivity index (χ0) is 22.0. The third-order valence-electron chi connectivity index (χ3n) is 5.27. The van der Waals surface area contributed by atoms with E-state index in [1.54, 1.807) is 68.2 Å². The van der Waals surface area contributed by atoms with Crippen LogP contribution in [0.15, 0.2) is 72.7 Å². The molecule has 1 unspecified atom stereocenters. The summed E-state index contributed by atoms with van der Waals surface area (Å²) in [6.45, 7) is 1.97. The second-order valence-corrected chi connectivity index (χ2v) is 7.22. The number of amides is 1. The van der Waals surface area contributed by atoms with Gasteiger partial charge < -0.3 is 14.7 Å². The maximum absolute atomic E-state index is 13.0. The number of aromatic nitrogens is 2. The van der Waals surface area contributed by atoms with E-state index in [0.717, 1.165) is 5.56 Å². The number of aliphatic hydroxyl groups excluding tert-OH is 1. The molecule has 0 saturated carbocycles. The van der Waals surface area contributed by atoms with Crippen LogP contribution in [0.5, 0.6) is 5.75 Å². The van der Waals surface area contributed by atoms with Crippen molar-refractivity contribution in [1.82, 2.24) is 14.9 Å². The minimum atomic E-state index is -0.780. The van der Waals surface area contributed by atoms with E-state index in [0.29, 0.717) is 22.6 Å². The Hall–Kier alpha value is -4.00. The first-order valence-electron chi connectivity index (χ1n) is 9.74. The number of likely N-dealkylation sites (tertiary alicyclic amines) is 1. The molecule has 31 heavy (non-hydrogen) atoms. The molecular formula is C24H21N3O4. The zero-order valence-corrected chi connectivity index (χ0v) is 17.1. The number of ketones is 1. The van der Waals surface area contributed by atoms with Gasteiger partial charge >= 0.3 is 0 Å². The van der Waals surface area contributed by atoms with Crippen molar-refractivity contribution in [3.63, 3.8) is 0 Å². The van der Waals surface area contributed by atoms with Crippen LogP contribution in [-0.2, 0) is 16.1 Å². The first-order chi connectivity index (χ1) is 15.0. The highest BCUT2D eigenvalue weighted by molar-refractivity contribution is 6.46. The summed E-state index contributed by atoms with van der Waals surface area (Å²) in [5.74, 6) is -1.00. The van der Waals surface area contributed by atoms with Gasteiger partial charge in [-0.2, -0.15) is 0 Å². The molecule has 3 aromatic rings. The van der Waals surface area contributed by atoms with Gasteiger partial charge in [0.15, 0.2) is 0 Å². The van der Waals surface area contributed by atoms with Crippen LogP contribution >= 0.6 is 0 Å². The quantitative estimate of drug-likeness (QED) is 0.390. The van der Waals surface area contributed by atoms with Crippen molar-refractivity contribution in [2.24, 2.45) is 0 Å². The standard InChI is InChI=1S/C24H21N3O4/c1-15-12-16(8-9-19(15)31-2)22(28)20-21(17-6-5-10-25-13-17)27(24(30)23(20)29)14-18-7-3-4-11-26-18/h3-13,21,28H,14H2,1-2H3/b22-20-. The molecule has 1 atom stereocenters. The molecule has 156 valence electrons. The average molecular weight is 415 g/mol. The average Bonchev–Trinajstić information content (AvgIpc) is 3.04. The van der Waals surface area contributed by atoms with E-state index in [2.05, 4.69) is 9.97 Å². The van der Waals surface area contributed by atoms with Crippen LogP contribution in [0.1, 0.15) is 28.4 Å². The molecule has 1 aromatic carbocycles. The number of carbonyl (C=O) groups is 2. The fourth-order valence-corrected chi connectivity index (χ4v) is 3.77. The Morgan fingerprint density at radius 2 is 1.97 bits per heavy atom. The van der Waals surface area contributed by atoms with Crippen LogP contribution in [0.3, 0.4) is 0 Å². The Labute approximate surface area is 179 Å². The second-order valence-electron chi connectivity index (χ2n) is 7.22. The van der Waals surface area contributed by atoms with E-state index in [9.17, 15) is 14.7 Å². The largest absolute Gasteiger partial charge is 0.507 e. The third-order valence-corrected chi connectivity index (χ3v) is 5.27. The normalized spacial score (nSPS) is 17.7. The molecule has 0 radical (unpaired) electrons. The Kier molecular flexibility index (Phi) is 5.49. The highest BCUT2D eigenvalue weighted by Crippen LogP contribution is 2.40. The number of benzene rings is 1. The second kappa shape index (κ2) is 8.39. The zero-order valence-electron chi connectivity index (χ0n) is 17.1. The van der Waals surface area contributed by atoms with Crippen LogP contribution in [0.25, 0.3) is 5.76 Å². The number of hydrogen-bond acceptors (Lipinski definition) is 6. The van der Waals surface area contributed by atoms with E-state index in [4.69, 9.17) is 4.74 Å². The van der Waals surface area contributed by atoms with Crippen molar-refractivity contribution in [2.75, 3.05) is 7.11 Å². The number of carbonyl (C=O) groups excluding carboxylic acids is 2. The molecule has 7 heteroatoms. The lowest BCUT2D eigenvalue weighted by Crippen LogP contribution is -2.29. The van der Waals surface area contributed by atoms with Gasteiger partial charge in [0.25, 0.3) is 11.7 Å². The van der Waals surface area contributed by atoms with Crippen molar-refractivity contribution >= 4 is 17.4 Å². The van der Waals surface area contributed by atoms with Crippen molar-refractivity contribution < 1.29 is 19.4 Å². The number of nitrogens with zero attached hydrogens (tertiary/aromatic N) is 3. The Morgan fingerprint density at radius 1 is 1.13 bits per heavy atom. The van der Waals surface area contributed by atoms with E-state index in [1.807, 2.05) is 13.0 Å². The van der Waals surface area contributed by atoms with Gasteiger partial charge in [-0.15, -0.1) is 0 Å². The SMILES string of the molecule is COc1ccc(/C(O)=C2/C(=O)C(=O)N(Cc3ccccn3)C2c2cccnc2)cc1C. The molecule has 4 rings (SSSR count). The Morgan fingerprint density at radius 3 is 2.61 bits per heavy atom. The molecule has 1 aliphatic rings. The smallest absolute Gasteiger partial charge is 0.296 e.